The van der Waals surface area contributed by atoms with Crippen LogP contribution < -0.4 is 5.32 Å². The maximum atomic E-state index is 12.6. The average molecular weight is 1250 g/mol. The molecule has 526 valence electrons. The summed E-state index contributed by atoms with van der Waals surface area (Å²) in [6.07, 6.45) is 103. The van der Waals surface area contributed by atoms with Crippen LogP contribution in [0.2, 0.25) is 0 Å². The fraction of sp³-hybridized carbons (Fsp3) is 0.904. The Hall–Kier alpha value is -1.92. The number of aliphatic hydroxyl groups is 2. The van der Waals surface area contributed by atoms with Gasteiger partial charge in [0.05, 0.1) is 25.4 Å². The topological polar surface area (TPSA) is 95.9 Å². The molecule has 2 unspecified atom stereocenters. The van der Waals surface area contributed by atoms with Gasteiger partial charge < -0.3 is 20.3 Å². The highest BCUT2D eigenvalue weighted by molar-refractivity contribution is 5.76. The highest BCUT2D eigenvalue weighted by Gasteiger charge is 2.18. The number of allylic oxidation sites excluding steroid dienone is 5. The molecule has 1 amide bonds. The van der Waals surface area contributed by atoms with Crippen molar-refractivity contribution < 1.29 is 24.5 Å². The highest BCUT2D eigenvalue weighted by Crippen LogP contribution is 2.20. The second kappa shape index (κ2) is 78.5. The van der Waals surface area contributed by atoms with Gasteiger partial charge in [-0.1, -0.05) is 397 Å². The molecular weight excluding hydrogens is 1090 g/mol. The van der Waals surface area contributed by atoms with Crippen molar-refractivity contribution in [2.24, 2.45) is 0 Å². The molecule has 2 atom stereocenters. The van der Waals surface area contributed by atoms with Crippen LogP contribution in [0.3, 0.4) is 0 Å². The lowest BCUT2D eigenvalue weighted by atomic mass is 10.0. The Labute approximate surface area is 557 Å². The van der Waals surface area contributed by atoms with Gasteiger partial charge in [0.2, 0.25) is 5.91 Å². The molecule has 0 saturated carbocycles. The Morgan fingerprint density at radius 1 is 0.303 bits per heavy atom. The number of hydrogen-bond donors (Lipinski definition) is 3. The summed E-state index contributed by atoms with van der Waals surface area (Å²) in [4.78, 5) is 24.7. The molecule has 0 heterocycles. The molecule has 0 aromatic heterocycles. The number of carbonyl (C=O) groups is 2. The molecule has 0 aliphatic carbocycles. The number of unbranched alkanes of at least 4 members (excludes halogenated alkanes) is 62. The second-order valence-corrected chi connectivity index (χ2v) is 28.1. The van der Waals surface area contributed by atoms with Crippen molar-refractivity contribution in [1.29, 1.82) is 0 Å². The average Bonchev–Trinajstić information content (AvgIpc) is 3.64. The molecule has 0 aliphatic heterocycles. The van der Waals surface area contributed by atoms with Crippen LogP contribution in [0, 0.1) is 0 Å². The van der Waals surface area contributed by atoms with Gasteiger partial charge in [0.15, 0.2) is 0 Å². The van der Waals surface area contributed by atoms with Crippen LogP contribution in [-0.4, -0.2) is 47.4 Å². The molecule has 0 aromatic rings. The molecule has 6 nitrogen and oxygen atoms in total. The predicted octanol–water partition coefficient (Wildman–Crippen LogP) is 27.0. The van der Waals surface area contributed by atoms with E-state index in [1.165, 1.54) is 385 Å². The second-order valence-electron chi connectivity index (χ2n) is 28.1. The van der Waals surface area contributed by atoms with E-state index in [0.717, 1.165) is 44.9 Å². The van der Waals surface area contributed by atoms with Gasteiger partial charge in [-0.05, 0) is 83.5 Å². The first-order valence-electron chi connectivity index (χ1n) is 40.8. The lowest BCUT2D eigenvalue weighted by Gasteiger charge is -2.20. The first-order valence-corrected chi connectivity index (χ1v) is 40.8. The van der Waals surface area contributed by atoms with Crippen LogP contribution in [0.4, 0.5) is 0 Å². The van der Waals surface area contributed by atoms with E-state index in [2.05, 4.69) is 43.5 Å². The fourth-order valence-electron chi connectivity index (χ4n) is 12.9. The maximum Gasteiger partial charge on any atom is 0.305 e. The van der Waals surface area contributed by atoms with Crippen LogP contribution in [-0.2, 0) is 14.3 Å². The van der Waals surface area contributed by atoms with Gasteiger partial charge in [-0.15, -0.1) is 0 Å². The van der Waals surface area contributed by atoms with E-state index in [1.54, 1.807) is 6.08 Å². The molecular formula is C83H159NO5. The number of nitrogens with one attached hydrogen (secondary N) is 1. The van der Waals surface area contributed by atoms with Gasteiger partial charge in [-0.3, -0.25) is 9.59 Å². The zero-order chi connectivity index (χ0) is 64.2. The Morgan fingerprint density at radius 3 is 0.798 bits per heavy atom. The zero-order valence-electron chi connectivity index (χ0n) is 60.4. The van der Waals surface area contributed by atoms with E-state index in [9.17, 15) is 19.8 Å². The Balaban J connectivity index is 3.38. The quantitative estimate of drug-likeness (QED) is 0.0320. The van der Waals surface area contributed by atoms with Crippen LogP contribution >= 0.6 is 0 Å². The molecule has 89 heavy (non-hydrogen) atoms. The highest BCUT2D eigenvalue weighted by atomic mass is 16.5. The molecule has 0 bridgehead atoms. The summed E-state index contributed by atoms with van der Waals surface area (Å²) < 4.78 is 5.51. The van der Waals surface area contributed by atoms with E-state index < -0.39 is 12.1 Å². The standard InChI is InChI=1S/C83H159NO5/c1-3-5-7-9-11-13-15-17-19-21-22-23-24-34-37-40-44-47-51-55-59-63-67-71-75-81(86)80(79-85)84-82(87)76-72-68-64-60-56-52-48-45-41-38-35-32-30-28-26-25-27-29-31-33-36-39-42-46-50-54-58-62-66-70-74-78-89-83(88)77-73-69-65-61-57-53-49-43-20-18-16-14-12-10-8-6-4-2/h18,20,27,29,71,75,80-81,85-86H,3-17,19,21-26,28,30-70,72-74,76-79H2,1-2H3,(H,84,87)/b20-18-,29-27-,75-71+. The van der Waals surface area contributed by atoms with Crippen molar-refractivity contribution in [3.63, 3.8) is 0 Å². The summed E-state index contributed by atoms with van der Waals surface area (Å²) in [5.74, 6) is -0.0459. The molecule has 0 fully saturated rings. The summed E-state index contributed by atoms with van der Waals surface area (Å²) in [5.41, 5.74) is 0. The first-order chi connectivity index (χ1) is 44.0. The summed E-state index contributed by atoms with van der Waals surface area (Å²) in [5, 5.41) is 23.3. The van der Waals surface area contributed by atoms with E-state index in [0.29, 0.717) is 19.4 Å². The van der Waals surface area contributed by atoms with Crippen molar-refractivity contribution in [3.05, 3.63) is 36.5 Å². The maximum absolute atomic E-state index is 12.6. The molecule has 0 rings (SSSR count). The minimum atomic E-state index is -0.845. The van der Waals surface area contributed by atoms with Gasteiger partial charge in [0.1, 0.15) is 0 Å². The van der Waals surface area contributed by atoms with E-state index in [1.807, 2.05) is 6.08 Å². The van der Waals surface area contributed by atoms with Crippen LogP contribution in [0.1, 0.15) is 457 Å². The molecule has 0 saturated heterocycles. The van der Waals surface area contributed by atoms with Crippen molar-refractivity contribution in [2.75, 3.05) is 13.2 Å². The van der Waals surface area contributed by atoms with Crippen LogP contribution in [0.25, 0.3) is 0 Å². The summed E-state index contributed by atoms with van der Waals surface area (Å²) in [6.45, 7) is 4.95. The normalized spacial score (nSPS) is 12.6. The van der Waals surface area contributed by atoms with Gasteiger partial charge in [0, 0.05) is 12.8 Å². The summed E-state index contributed by atoms with van der Waals surface area (Å²) in [6, 6.07) is -0.628. The van der Waals surface area contributed by atoms with E-state index in [4.69, 9.17) is 4.74 Å². The van der Waals surface area contributed by atoms with Gasteiger partial charge in [-0.2, -0.15) is 0 Å². The number of esters is 1. The lowest BCUT2D eigenvalue weighted by Crippen LogP contribution is -2.45. The van der Waals surface area contributed by atoms with Gasteiger partial charge in [0.25, 0.3) is 0 Å². The van der Waals surface area contributed by atoms with Crippen molar-refractivity contribution in [2.45, 2.75) is 469 Å². The number of rotatable bonds is 77. The minimum absolute atomic E-state index is 0.0149. The number of carbonyl (C=O) groups excluding carboxylic acids is 2. The van der Waals surface area contributed by atoms with Crippen molar-refractivity contribution >= 4 is 11.9 Å². The molecule has 0 aliphatic rings. The monoisotopic (exact) mass is 1250 g/mol. The largest absolute Gasteiger partial charge is 0.466 e. The minimum Gasteiger partial charge on any atom is -0.466 e. The molecule has 0 radical (unpaired) electrons. The number of hydrogen-bond acceptors (Lipinski definition) is 5. The predicted molar refractivity (Wildman–Crippen MR) is 393 cm³/mol. The Kier molecular flexibility index (Phi) is 76.8. The van der Waals surface area contributed by atoms with Crippen molar-refractivity contribution in [1.82, 2.24) is 5.32 Å². The molecule has 3 N–H and O–H groups in total. The number of amides is 1. The molecule has 0 aromatic carbocycles. The van der Waals surface area contributed by atoms with E-state index >= 15 is 0 Å². The zero-order valence-corrected chi connectivity index (χ0v) is 60.4. The lowest BCUT2D eigenvalue weighted by molar-refractivity contribution is -0.143. The summed E-state index contributed by atoms with van der Waals surface area (Å²) >= 11 is 0. The first kappa shape index (κ1) is 87.1. The molecule has 0 spiro atoms. The smallest absolute Gasteiger partial charge is 0.305 e. The number of aliphatic hydroxyl groups excluding tert-OH is 2. The summed E-state index contributed by atoms with van der Waals surface area (Å²) in [7, 11) is 0. The fourth-order valence-corrected chi connectivity index (χ4v) is 12.9. The SMILES string of the molecule is CCCCCCCC/C=C\CCCCCCCCCC(=O)OCCCCCCCCCCCCCC/C=C\CCCCCCCCCCCCCCCCCC(=O)NC(CO)C(O)/C=C/CCCCCCCCCCCCCCCCCCCCCCCC. The van der Waals surface area contributed by atoms with Crippen LogP contribution in [0.15, 0.2) is 36.5 Å². The Morgan fingerprint density at radius 2 is 0.528 bits per heavy atom. The van der Waals surface area contributed by atoms with E-state index in [-0.39, 0.29) is 18.5 Å². The molecule has 6 heteroatoms. The third-order valence-corrected chi connectivity index (χ3v) is 19.1. The third kappa shape index (κ3) is 75.0. The van der Waals surface area contributed by atoms with Crippen molar-refractivity contribution in [3.8, 4) is 0 Å². The van der Waals surface area contributed by atoms with Gasteiger partial charge in [-0.25, -0.2) is 0 Å². The van der Waals surface area contributed by atoms with Crippen LogP contribution in [0.5, 0.6) is 0 Å². The number of ether oxygens (including phenoxy) is 1. The van der Waals surface area contributed by atoms with Gasteiger partial charge >= 0.3 is 5.97 Å². The third-order valence-electron chi connectivity index (χ3n) is 19.1. The Bertz CT molecular complexity index is 1440.